The minimum absolute atomic E-state index is 0.0656. The van der Waals surface area contributed by atoms with Crippen LogP contribution in [0.3, 0.4) is 0 Å². The second kappa shape index (κ2) is 7.82. The lowest BCUT2D eigenvalue weighted by Crippen LogP contribution is -2.37. The summed E-state index contributed by atoms with van der Waals surface area (Å²) < 4.78 is 9.19. The summed E-state index contributed by atoms with van der Waals surface area (Å²) in [4.78, 5) is 40.7. The van der Waals surface area contributed by atoms with Crippen molar-refractivity contribution in [2.45, 2.75) is 6.54 Å². The van der Waals surface area contributed by atoms with Gasteiger partial charge in [0, 0.05) is 20.2 Å². The number of rotatable bonds is 5. The molecule has 4 aromatic rings. The SMILES string of the molecule is Cn1c(=O)c2c(ncn2CCOC(=O)/C=C/c2cccc3ccccc23)n(C)c1=O. The van der Waals surface area contributed by atoms with Gasteiger partial charge >= 0.3 is 11.7 Å². The van der Waals surface area contributed by atoms with Gasteiger partial charge in [0.25, 0.3) is 5.56 Å². The number of carbonyl (C=O) groups excluding carboxylic acids is 1. The van der Waals surface area contributed by atoms with Crippen LogP contribution in [0.25, 0.3) is 28.0 Å². The molecule has 0 radical (unpaired) electrons. The predicted octanol–water partition coefficient (Wildman–Crippen LogP) is 1.84. The Kier molecular flexibility index (Phi) is 5.05. The first-order valence-electron chi connectivity index (χ1n) is 9.41. The standard InChI is InChI=1S/C22H20N4O4/c1-24-20-19(21(28)25(2)22(24)29)26(14-23-20)12-13-30-18(27)11-10-16-8-5-7-15-6-3-4-9-17(15)16/h3-11,14H,12-13H2,1-2H3/b11-10+. The van der Waals surface area contributed by atoms with E-state index in [2.05, 4.69) is 4.98 Å². The predicted molar refractivity (Wildman–Crippen MR) is 114 cm³/mol. The summed E-state index contributed by atoms with van der Waals surface area (Å²) in [6.07, 6.45) is 4.57. The monoisotopic (exact) mass is 404 g/mol. The Labute approximate surface area is 171 Å². The number of hydrogen-bond donors (Lipinski definition) is 0. The van der Waals surface area contributed by atoms with E-state index < -0.39 is 17.2 Å². The average molecular weight is 404 g/mol. The second-order valence-corrected chi connectivity index (χ2v) is 6.89. The van der Waals surface area contributed by atoms with E-state index in [0.29, 0.717) is 11.2 Å². The molecule has 4 rings (SSSR count). The zero-order chi connectivity index (χ0) is 21.3. The van der Waals surface area contributed by atoms with E-state index in [4.69, 9.17) is 4.74 Å². The number of benzene rings is 2. The number of aromatic nitrogens is 4. The molecule has 0 aliphatic heterocycles. The summed E-state index contributed by atoms with van der Waals surface area (Å²) in [6, 6.07) is 13.8. The fourth-order valence-electron chi connectivity index (χ4n) is 3.41. The smallest absolute Gasteiger partial charge is 0.332 e. The van der Waals surface area contributed by atoms with Crippen LogP contribution in [-0.4, -0.2) is 31.3 Å². The molecule has 2 aromatic heterocycles. The van der Waals surface area contributed by atoms with E-state index in [1.54, 1.807) is 17.7 Å². The van der Waals surface area contributed by atoms with Crippen molar-refractivity contribution >= 4 is 34.0 Å². The van der Waals surface area contributed by atoms with E-state index in [0.717, 1.165) is 20.9 Å². The van der Waals surface area contributed by atoms with Crippen LogP contribution in [0.2, 0.25) is 0 Å². The zero-order valence-corrected chi connectivity index (χ0v) is 16.6. The molecule has 0 aliphatic carbocycles. The van der Waals surface area contributed by atoms with Gasteiger partial charge in [-0.3, -0.25) is 13.9 Å². The maximum Gasteiger partial charge on any atom is 0.332 e. The summed E-state index contributed by atoms with van der Waals surface area (Å²) in [5, 5.41) is 2.14. The first-order valence-corrected chi connectivity index (χ1v) is 9.41. The first-order chi connectivity index (χ1) is 14.5. The van der Waals surface area contributed by atoms with Gasteiger partial charge in [-0.1, -0.05) is 42.5 Å². The Bertz CT molecular complexity index is 1400. The molecule has 30 heavy (non-hydrogen) atoms. The highest BCUT2D eigenvalue weighted by Gasteiger charge is 2.14. The highest BCUT2D eigenvalue weighted by molar-refractivity contribution is 5.94. The van der Waals surface area contributed by atoms with E-state index in [9.17, 15) is 14.4 Å². The van der Waals surface area contributed by atoms with Crippen LogP contribution in [0.1, 0.15) is 5.56 Å². The molecular weight excluding hydrogens is 384 g/mol. The summed E-state index contributed by atoms with van der Waals surface area (Å²) in [5.74, 6) is -0.479. The largest absolute Gasteiger partial charge is 0.461 e. The van der Waals surface area contributed by atoms with Crippen LogP contribution in [0.4, 0.5) is 0 Å². The van der Waals surface area contributed by atoms with Gasteiger partial charge in [-0.15, -0.1) is 0 Å². The summed E-state index contributed by atoms with van der Waals surface area (Å²) >= 11 is 0. The highest BCUT2D eigenvalue weighted by atomic mass is 16.5. The lowest BCUT2D eigenvalue weighted by Gasteiger charge is -2.07. The van der Waals surface area contributed by atoms with Crippen molar-refractivity contribution in [3.8, 4) is 0 Å². The zero-order valence-electron chi connectivity index (χ0n) is 16.6. The first kappa shape index (κ1) is 19.4. The number of hydrogen-bond acceptors (Lipinski definition) is 5. The fourth-order valence-corrected chi connectivity index (χ4v) is 3.41. The molecule has 2 aromatic carbocycles. The molecule has 0 bridgehead atoms. The minimum atomic E-state index is -0.479. The highest BCUT2D eigenvalue weighted by Crippen LogP contribution is 2.19. The molecule has 2 heterocycles. The number of imidazole rings is 1. The Morgan fingerprint density at radius 3 is 2.67 bits per heavy atom. The lowest BCUT2D eigenvalue weighted by atomic mass is 10.0. The number of esters is 1. The van der Waals surface area contributed by atoms with E-state index >= 15 is 0 Å². The van der Waals surface area contributed by atoms with Crippen molar-refractivity contribution < 1.29 is 9.53 Å². The van der Waals surface area contributed by atoms with E-state index in [1.807, 2.05) is 42.5 Å². The minimum Gasteiger partial charge on any atom is -0.461 e. The second-order valence-electron chi connectivity index (χ2n) is 6.89. The van der Waals surface area contributed by atoms with Crippen molar-refractivity contribution in [3.63, 3.8) is 0 Å². The fraction of sp³-hybridized carbons (Fsp3) is 0.182. The summed E-state index contributed by atoms with van der Waals surface area (Å²) in [7, 11) is 2.97. The van der Waals surface area contributed by atoms with E-state index in [1.165, 1.54) is 24.0 Å². The van der Waals surface area contributed by atoms with Crippen LogP contribution in [0.5, 0.6) is 0 Å². The van der Waals surface area contributed by atoms with Gasteiger partial charge in [-0.05, 0) is 22.4 Å². The number of aryl methyl sites for hydroxylation is 1. The molecule has 0 fully saturated rings. The third-order valence-corrected chi connectivity index (χ3v) is 5.02. The van der Waals surface area contributed by atoms with Crippen molar-refractivity contribution in [2.75, 3.05) is 6.61 Å². The summed E-state index contributed by atoms with van der Waals surface area (Å²) in [6.45, 7) is 0.313. The third kappa shape index (κ3) is 3.43. The normalized spacial score (nSPS) is 11.5. The number of ether oxygens (including phenoxy) is 1. The number of fused-ring (bicyclic) bond motifs is 2. The van der Waals surface area contributed by atoms with Gasteiger partial charge in [0.1, 0.15) is 6.61 Å². The maximum absolute atomic E-state index is 12.4. The van der Waals surface area contributed by atoms with E-state index in [-0.39, 0.29) is 13.2 Å². The molecule has 0 saturated heterocycles. The molecule has 0 spiro atoms. The Balaban J connectivity index is 1.46. The molecular formula is C22H20N4O4. The molecule has 152 valence electrons. The maximum atomic E-state index is 12.4. The van der Waals surface area contributed by atoms with Gasteiger partial charge in [0.05, 0.1) is 12.9 Å². The molecule has 0 unspecified atom stereocenters. The van der Waals surface area contributed by atoms with Crippen molar-refractivity contribution in [1.29, 1.82) is 0 Å². The van der Waals surface area contributed by atoms with Crippen LogP contribution in [0, 0.1) is 0 Å². The van der Waals surface area contributed by atoms with Crippen LogP contribution in [0.15, 0.2) is 64.5 Å². The number of nitrogens with zero attached hydrogens (tertiary/aromatic N) is 4. The molecule has 0 saturated carbocycles. The Morgan fingerprint density at radius 1 is 1.07 bits per heavy atom. The molecule has 0 N–H and O–H groups in total. The number of carbonyl (C=O) groups is 1. The molecule has 8 nitrogen and oxygen atoms in total. The topological polar surface area (TPSA) is 88.1 Å². The Hall–Kier alpha value is -3.94. The summed E-state index contributed by atoms with van der Waals surface area (Å²) in [5.41, 5.74) is 0.637. The van der Waals surface area contributed by atoms with Gasteiger partial charge in [0.2, 0.25) is 0 Å². The van der Waals surface area contributed by atoms with Crippen molar-refractivity contribution in [3.05, 3.63) is 81.3 Å². The van der Waals surface area contributed by atoms with Gasteiger partial charge < -0.3 is 9.30 Å². The van der Waals surface area contributed by atoms with Crippen LogP contribution < -0.4 is 11.2 Å². The van der Waals surface area contributed by atoms with Gasteiger partial charge in [-0.2, -0.15) is 0 Å². The molecule has 0 atom stereocenters. The van der Waals surface area contributed by atoms with Crippen molar-refractivity contribution in [1.82, 2.24) is 18.7 Å². The van der Waals surface area contributed by atoms with Gasteiger partial charge in [-0.25, -0.2) is 14.6 Å². The molecule has 8 heteroatoms. The van der Waals surface area contributed by atoms with Crippen molar-refractivity contribution in [2.24, 2.45) is 14.1 Å². The molecule has 0 amide bonds. The third-order valence-electron chi connectivity index (χ3n) is 5.02. The quantitative estimate of drug-likeness (QED) is 0.374. The van der Waals surface area contributed by atoms with Crippen LogP contribution in [-0.2, 0) is 30.2 Å². The lowest BCUT2D eigenvalue weighted by molar-refractivity contribution is -0.137. The van der Waals surface area contributed by atoms with Gasteiger partial charge in [0.15, 0.2) is 11.2 Å². The Morgan fingerprint density at radius 2 is 1.83 bits per heavy atom. The molecule has 0 aliphatic rings. The average Bonchev–Trinajstić information content (AvgIpc) is 3.19. The van der Waals surface area contributed by atoms with Crippen LogP contribution >= 0.6 is 0 Å².